The summed E-state index contributed by atoms with van der Waals surface area (Å²) in [5.74, 6) is 0. The van der Waals surface area contributed by atoms with Crippen molar-refractivity contribution in [3.8, 4) is 11.1 Å². The van der Waals surface area contributed by atoms with Crippen LogP contribution in [-0.2, 0) is 9.68 Å². The maximum Gasteiger partial charge on any atom is 0.0636 e. The molecule has 0 aliphatic rings. The molecule has 110 valence electrons. The molecule has 0 fully saturated rings. The summed E-state index contributed by atoms with van der Waals surface area (Å²) in [6.45, 7) is 0. The van der Waals surface area contributed by atoms with Crippen LogP contribution in [0.4, 0.5) is 11.4 Å². The summed E-state index contributed by atoms with van der Waals surface area (Å²) in [7, 11) is 3.19. The molecule has 0 aromatic heterocycles. The molecular weight excluding hydrogens is 299 g/mol. The van der Waals surface area contributed by atoms with Crippen LogP contribution in [0.25, 0.3) is 11.1 Å². The van der Waals surface area contributed by atoms with Gasteiger partial charge in [-0.2, -0.15) is 0 Å². The number of nitrogens with one attached hydrogen (secondary N) is 2. The third-order valence-corrected chi connectivity index (χ3v) is 2.54. The van der Waals surface area contributed by atoms with Gasteiger partial charge in [-0.05, 0) is 35.4 Å². The summed E-state index contributed by atoms with van der Waals surface area (Å²) in [5.41, 5.74) is 9.74. The summed E-state index contributed by atoms with van der Waals surface area (Å²) in [6.07, 6.45) is 0. The van der Waals surface area contributed by atoms with Crippen molar-refractivity contribution in [1.82, 2.24) is 0 Å². The van der Waals surface area contributed by atoms with Crippen molar-refractivity contribution in [2.75, 3.05) is 25.2 Å². The van der Waals surface area contributed by atoms with Crippen molar-refractivity contribution in [2.24, 2.45) is 0 Å². The van der Waals surface area contributed by atoms with E-state index in [1.807, 2.05) is 48.5 Å². The predicted molar refractivity (Wildman–Crippen MR) is 87.6 cm³/mol. The van der Waals surface area contributed by atoms with E-state index in [0.29, 0.717) is 0 Å². The van der Waals surface area contributed by atoms with E-state index in [0.717, 1.165) is 22.5 Å². The number of hydrogen-bond donors (Lipinski definition) is 2. The van der Waals surface area contributed by atoms with Crippen LogP contribution in [0.5, 0.6) is 0 Å². The quantitative estimate of drug-likeness (QED) is 0.813. The third-order valence-electron chi connectivity index (χ3n) is 2.54. The zero-order valence-corrected chi connectivity index (χ0v) is 12.9. The molecule has 0 atom stereocenters. The molecule has 0 aliphatic heterocycles. The van der Waals surface area contributed by atoms with Crippen LogP contribution in [0.2, 0.25) is 0 Å². The molecule has 2 aromatic carbocycles. The number of benzene rings is 2. The lowest BCUT2D eigenvalue weighted by Crippen LogP contribution is -1.95. The van der Waals surface area contributed by atoms with Crippen LogP contribution in [-0.4, -0.2) is 14.2 Å². The standard InChI is InChI=1S/C14H16N2O2.2ClH/c1-17-15-13-7-3-11(4-8-13)12-5-9-14(10-6-12)16-18-2;;/h3-10,15-16H,1-2H3;2*1H. The Morgan fingerprint density at radius 3 is 1.15 bits per heavy atom. The molecule has 0 saturated carbocycles. The lowest BCUT2D eigenvalue weighted by atomic mass is 10.1. The van der Waals surface area contributed by atoms with Crippen LogP contribution >= 0.6 is 24.8 Å². The SMILES string of the molecule is CONc1ccc(-c2ccc(NOC)cc2)cc1.Cl.Cl. The summed E-state index contributed by atoms with van der Waals surface area (Å²) in [5, 5.41) is 0. The largest absolute Gasteiger partial charge is 0.279 e. The average Bonchev–Trinajstić information content (AvgIpc) is 2.41. The lowest BCUT2D eigenvalue weighted by molar-refractivity contribution is 0.271. The van der Waals surface area contributed by atoms with E-state index in [2.05, 4.69) is 11.0 Å². The molecule has 0 radical (unpaired) electrons. The molecule has 2 N–H and O–H groups in total. The summed E-state index contributed by atoms with van der Waals surface area (Å²) in [4.78, 5) is 9.69. The Morgan fingerprint density at radius 2 is 0.900 bits per heavy atom. The van der Waals surface area contributed by atoms with Crippen LogP contribution in [0.1, 0.15) is 0 Å². The highest BCUT2D eigenvalue weighted by molar-refractivity contribution is 5.85. The minimum Gasteiger partial charge on any atom is -0.279 e. The Kier molecular flexibility index (Phi) is 8.76. The van der Waals surface area contributed by atoms with Crippen molar-refractivity contribution < 1.29 is 9.68 Å². The van der Waals surface area contributed by atoms with E-state index in [4.69, 9.17) is 9.68 Å². The summed E-state index contributed by atoms with van der Waals surface area (Å²) < 4.78 is 0. The Hall–Kier alpha value is -1.46. The van der Waals surface area contributed by atoms with Gasteiger partial charge in [0.15, 0.2) is 0 Å². The molecule has 0 spiro atoms. The first-order chi connectivity index (χ1) is 8.83. The third kappa shape index (κ3) is 4.90. The first-order valence-corrected chi connectivity index (χ1v) is 5.62. The second-order valence-electron chi connectivity index (χ2n) is 3.77. The van der Waals surface area contributed by atoms with Crippen LogP contribution in [0.15, 0.2) is 48.5 Å². The van der Waals surface area contributed by atoms with Gasteiger partial charge < -0.3 is 0 Å². The molecular formula is C14H18Cl2N2O2. The van der Waals surface area contributed by atoms with E-state index in [-0.39, 0.29) is 24.8 Å². The molecule has 2 aromatic rings. The molecule has 0 aliphatic carbocycles. The smallest absolute Gasteiger partial charge is 0.0636 e. The van der Waals surface area contributed by atoms with Gasteiger partial charge in [-0.3, -0.25) is 20.6 Å². The summed E-state index contributed by atoms with van der Waals surface area (Å²) in [6, 6.07) is 16.1. The first kappa shape index (κ1) is 18.5. The second kappa shape index (κ2) is 9.44. The van der Waals surface area contributed by atoms with Gasteiger partial charge in [-0.15, -0.1) is 24.8 Å². The fourth-order valence-corrected chi connectivity index (χ4v) is 1.70. The molecule has 20 heavy (non-hydrogen) atoms. The van der Waals surface area contributed by atoms with Gasteiger partial charge in [0, 0.05) is 0 Å². The van der Waals surface area contributed by atoms with Gasteiger partial charge in [0.1, 0.15) is 0 Å². The fourth-order valence-electron chi connectivity index (χ4n) is 1.70. The average molecular weight is 317 g/mol. The minimum atomic E-state index is 0. The Bertz CT molecular complexity index is 442. The molecule has 2 rings (SSSR count). The first-order valence-electron chi connectivity index (χ1n) is 5.62. The van der Waals surface area contributed by atoms with Crippen molar-refractivity contribution in [3.05, 3.63) is 48.5 Å². The maximum absolute atomic E-state index is 4.84. The van der Waals surface area contributed by atoms with E-state index in [1.165, 1.54) is 0 Å². The Morgan fingerprint density at radius 1 is 0.600 bits per heavy atom. The van der Waals surface area contributed by atoms with Crippen molar-refractivity contribution in [3.63, 3.8) is 0 Å². The number of rotatable bonds is 5. The van der Waals surface area contributed by atoms with Gasteiger partial charge in [0.2, 0.25) is 0 Å². The van der Waals surface area contributed by atoms with Crippen molar-refractivity contribution in [1.29, 1.82) is 0 Å². The van der Waals surface area contributed by atoms with E-state index in [1.54, 1.807) is 14.2 Å². The number of hydrogen-bond acceptors (Lipinski definition) is 4. The van der Waals surface area contributed by atoms with Crippen LogP contribution in [0.3, 0.4) is 0 Å². The van der Waals surface area contributed by atoms with Crippen LogP contribution < -0.4 is 11.0 Å². The van der Waals surface area contributed by atoms with Crippen LogP contribution in [0, 0.1) is 0 Å². The lowest BCUT2D eigenvalue weighted by Gasteiger charge is -2.07. The van der Waals surface area contributed by atoms with E-state index < -0.39 is 0 Å². The zero-order valence-electron chi connectivity index (χ0n) is 11.3. The fraction of sp³-hybridized carbons (Fsp3) is 0.143. The van der Waals surface area contributed by atoms with Gasteiger partial charge in [0.25, 0.3) is 0 Å². The molecule has 0 amide bonds. The molecule has 4 nitrogen and oxygen atoms in total. The zero-order chi connectivity index (χ0) is 12.8. The minimum absolute atomic E-state index is 0. The molecule has 0 saturated heterocycles. The topological polar surface area (TPSA) is 42.5 Å². The van der Waals surface area contributed by atoms with Crippen molar-refractivity contribution in [2.45, 2.75) is 0 Å². The van der Waals surface area contributed by atoms with Crippen molar-refractivity contribution >= 4 is 36.2 Å². The van der Waals surface area contributed by atoms with E-state index >= 15 is 0 Å². The van der Waals surface area contributed by atoms with Gasteiger partial charge >= 0.3 is 0 Å². The molecule has 6 heteroatoms. The van der Waals surface area contributed by atoms with Gasteiger partial charge in [-0.25, -0.2) is 0 Å². The normalized spacial score (nSPS) is 9.10. The Labute approximate surface area is 131 Å². The number of halogens is 2. The highest BCUT2D eigenvalue weighted by atomic mass is 35.5. The molecule has 0 unspecified atom stereocenters. The second-order valence-corrected chi connectivity index (χ2v) is 3.77. The highest BCUT2D eigenvalue weighted by Crippen LogP contribution is 2.23. The highest BCUT2D eigenvalue weighted by Gasteiger charge is 1.98. The van der Waals surface area contributed by atoms with Gasteiger partial charge in [-0.1, -0.05) is 24.3 Å². The molecule has 0 heterocycles. The predicted octanol–water partition coefficient (Wildman–Crippen LogP) is 4.14. The van der Waals surface area contributed by atoms with E-state index in [9.17, 15) is 0 Å². The monoisotopic (exact) mass is 316 g/mol. The molecule has 0 bridgehead atoms. The number of anilines is 2. The Balaban J connectivity index is 0.00000180. The van der Waals surface area contributed by atoms with Gasteiger partial charge in [0.05, 0.1) is 25.6 Å². The maximum atomic E-state index is 4.84. The summed E-state index contributed by atoms with van der Waals surface area (Å²) >= 11 is 0.